The Bertz CT molecular complexity index is 342. The predicted molar refractivity (Wildman–Crippen MR) is 74.0 cm³/mol. The van der Waals surface area contributed by atoms with Gasteiger partial charge in [0.15, 0.2) is 0 Å². The smallest absolute Gasteiger partial charge is 0.224 e. The number of nitrogens with zero attached hydrogens (tertiary/aromatic N) is 1. The molecule has 4 nitrogen and oxygen atoms in total. The summed E-state index contributed by atoms with van der Waals surface area (Å²) in [5.41, 5.74) is 0.931. The Labute approximate surface area is 110 Å². The summed E-state index contributed by atoms with van der Waals surface area (Å²) in [6.45, 7) is 11.9. The monoisotopic (exact) mass is 254 g/mol. The molecule has 1 rings (SSSR count). The molecule has 1 aromatic heterocycles. The molecule has 18 heavy (non-hydrogen) atoms. The first-order chi connectivity index (χ1) is 8.42. The number of hydrogen-bond donors (Lipinski definition) is 1. The second-order valence-electron chi connectivity index (χ2n) is 5.69. The van der Waals surface area contributed by atoms with Crippen molar-refractivity contribution in [3.05, 3.63) is 11.8 Å². The van der Waals surface area contributed by atoms with Crippen LogP contribution in [0.25, 0.3) is 0 Å². The Kier molecular flexibility index (Phi) is 5.66. The SMILES string of the molecule is CCCC(C)c1cc(NCCOC(C)(C)C)on1. The fraction of sp³-hybridized carbons (Fsp3) is 0.786. The summed E-state index contributed by atoms with van der Waals surface area (Å²) in [5.74, 6) is 1.19. The van der Waals surface area contributed by atoms with Gasteiger partial charge >= 0.3 is 0 Å². The summed E-state index contributed by atoms with van der Waals surface area (Å²) in [6.07, 6.45) is 2.30. The molecule has 1 unspecified atom stereocenters. The highest BCUT2D eigenvalue weighted by Crippen LogP contribution is 2.22. The van der Waals surface area contributed by atoms with Crippen molar-refractivity contribution in [1.82, 2.24) is 5.16 Å². The third-order valence-electron chi connectivity index (χ3n) is 2.69. The third kappa shape index (κ3) is 5.54. The minimum atomic E-state index is -0.0934. The van der Waals surface area contributed by atoms with Crippen LogP contribution in [0.1, 0.15) is 59.1 Å². The van der Waals surface area contributed by atoms with Crippen molar-refractivity contribution >= 4 is 5.88 Å². The molecule has 0 amide bonds. The summed E-state index contributed by atoms with van der Waals surface area (Å²) in [6, 6.07) is 1.98. The van der Waals surface area contributed by atoms with E-state index < -0.39 is 0 Å². The number of anilines is 1. The molecule has 0 aromatic carbocycles. The van der Waals surface area contributed by atoms with Crippen LogP contribution in [0, 0.1) is 0 Å². The minimum Gasteiger partial charge on any atom is -0.374 e. The average molecular weight is 254 g/mol. The molecule has 1 aromatic rings. The quantitative estimate of drug-likeness (QED) is 0.752. The number of hydrogen-bond acceptors (Lipinski definition) is 4. The Morgan fingerprint density at radius 3 is 2.78 bits per heavy atom. The van der Waals surface area contributed by atoms with Gasteiger partial charge in [0.25, 0.3) is 0 Å². The molecule has 0 saturated carbocycles. The van der Waals surface area contributed by atoms with E-state index in [1.54, 1.807) is 0 Å². The lowest BCUT2D eigenvalue weighted by Crippen LogP contribution is -2.23. The second kappa shape index (κ2) is 6.78. The van der Waals surface area contributed by atoms with E-state index in [4.69, 9.17) is 9.26 Å². The molecule has 4 heteroatoms. The number of rotatable bonds is 7. The largest absolute Gasteiger partial charge is 0.374 e. The molecule has 0 spiro atoms. The molecule has 1 N–H and O–H groups in total. The van der Waals surface area contributed by atoms with Gasteiger partial charge in [0.1, 0.15) is 0 Å². The molecule has 0 aliphatic rings. The lowest BCUT2D eigenvalue weighted by molar-refractivity contribution is 0.00318. The zero-order valence-electron chi connectivity index (χ0n) is 12.2. The van der Waals surface area contributed by atoms with Crippen LogP contribution in [0.4, 0.5) is 5.88 Å². The molecule has 1 heterocycles. The van der Waals surface area contributed by atoms with E-state index in [0.717, 1.165) is 31.0 Å². The number of aromatic nitrogens is 1. The van der Waals surface area contributed by atoms with E-state index in [2.05, 4.69) is 24.3 Å². The molecule has 0 aliphatic heterocycles. The van der Waals surface area contributed by atoms with Crippen molar-refractivity contribution in [3.63, 3.8) is 0 Å². The van der Waals surface area contributed by atoms with Crippen LogP contribution in [0.2, 0.25) is 0 Å². The summed E-state index contributed by atoms with van der Waals surface area (Å²) >= 11 is 0. The standard InChI is InChI=1S/C14H26N2O2/c1-6-7-11(2)12-10-13(18-16-12)15-8-9-17-14(3,4)5/h10-11,15H,6-9H2,1-5H3. The molecular formula is C14H26N2O2. The number of ether oxygens (including phenoxy) is 1. The van der Waals surface area contributed by atoms with E-state index >= 15 is 0 Å². The average Bonchev–Trinajstić information content (AvgIpc) is 2.72. The maximum absolute atomic E-state index is 5.62. The fourth-order valence-electron chi connectivity index (χ4n) is 1.72. The Hall–Kier alpha value is -1.03. The van der Waals surface area contributed by atoms with Crippen molar-refractivity contribution in [2.24, 2.45) is 0 Å². The normalized spacial score (nSPS) is 13.6. The van der Waals surface area contributed by atoms with Crippen molar-refractivity contribution in [2.75, 3.05) is 18.5 Å². The van der Waals surface area contributed by atoms with Gasteiger partial charge < -0.3 is 14.6 Å². The predicted octanol–water partition coefficient (Wildman–Crippen LogP) is 3.81. The molecule has 0 bridgehead atoms. The Morgan fingerprint density at radius 2 is 2.17 bits per heavy atom. The summed E-state index contributed by atoms with van der Waals surface area (Å²) in [4.78, 5) is 0. The molecule has 104 valence electrons. The molecule has 0 aliphatic carbocycles. The first-order valence-corrected chi connectivity index (χ1v) is 6.77. The molecule has 0 radical (unpaired) electrons. The zero-order valence-corrected chi connectivity index (χ0v) is 12.2. The fourth-order valence-corrected chi connectivity index (χ4v) is 1.72. The van der Waals surface area contributed by atoms with Crippen molar-refractivity contribution in [1.29, 1.82) is 0 Å². The summed E-state index contributed by atoms with van der Waals surface area (Å²) < 4.78 is 10.9. The summed E-state index contributed by atoms with van der Waals surface area (Å²) in [5, 5.41) is 7.26. The van der Waals surface area contributed by atoms with E-state index in [9.17, 15) is 0 Å². The van der Waals surface area contributed by atoms with Gasteiger partial charge in [0.2, 0.25) is 5.88 Å². The Morgan fingerprint density at radius 1 is 1.44 bits per heavy atom. The lowest BCUT2D eigenvalue weighted by atomic mass is 10.0. The number of nitrogens with one attached hydrogen (secondary N) is 1. The van der Waals surface area contributed by atoms with E-state index in [1.807, 2.05) is 26.8 Å². The molecule has 1 atom stereocenters. The third-order valence-corrected chi connectivity index (χ3v) is 2.69. The van der Waals surface area contributed by atoms with Crippen LogP contribution in [0.5, 0.6) is 0 Å². The minimum absolute atomic E-state index is 0.0934. The molecular weight excluding hydrogens is 228 g/mol. The first kappa shape index (κ1) is 15.0. The van der Waals surface area contributed by atoms with Gasteiger partial charge in [-0.3, -0.25) is 0 Å². The maximum atomic E-state index is 5.62. The van der Waals surface area contributed by atoms with E-state index in [-0.39, 0.29) is 5.60 Å². The molecule has 0 saturated heterocycles. The van der Waals surface area contributed by atoms with Crippen LogP contribution in [0.15, 0.2) is 10.6 Å². The second-order valence-corrected chi connectivity index (χ2v) is 5.69. The topological polar surface area (TPSA) is 47.3 Å². The highest BCUT2D eigenvalue weighted by molar-refractivity contribution is 5.32. The van der Waals surface area contributed by atoms with Crippen molar-refractivity contribution in [2.45, 2.75) is 59.0 Å². The highest BCUT2D eigenvalue weighted by Gasteiger charge is 2.12. The molecule has 0 fully saturated rings. The van der Waals surface area contributed by atoms with Gasteiger partial charge in [-0.2, -0.15) is 0 Å². The summed E-state index contributed by atoms with van der Waals surface area (Å²) in [7, 11) is 0. The van der Waals surface area contributed by atoms with Gasteiger partial charge in [-0.25, -0.2) is 0 Å². The van der Waals surface area contributed by atoms with Gasteiger partial charge in [-0.15, -0.1) is 0 Å². The first-order valence-electron chi connectivity index (χ1n) is 6.77. The van der Waals surface area contributed by atoms with Crippen LogP contribution >= 0.6 is 0 Å². The highest BCUT2D eigenvalue weighted by atomic mass is 16.5. The van der Waals surface area contributed by atoms with Gasteiger partial charge in [-0.05, 0) is 27.2 Å². The van der Waals surface area contributed by atoms with Gasteiger partial charge in [-0.1, -0.05) is 25.4 Å². The maximum Gasteiger partial charge on any atom is 0.224 e. The van der Waals surface area contributed by atoms with Crippen LogP contribution in [0.3, 0.4) is 0 Å². The zero-order chi connectivity index (χ0) is 13.6. The van der Waals surface area contributed by atoms with Crippen LogP contribution < -0.4 is 5.32 Å². The van der Waals surface area contributed by atoms with Gasteiger partial charge in [0.05, 0.1) is 17.9 Å². The Balaban J connectivity index is 2.31. The van der Waals surface area contributed by atoms with Crippen LogP contribution in [-0.2, 0) is 4.74 Å². The van der Waals surface area contributed by atoms with E-state index in [1.165, 1.54) is 0 Å². The van der Waals surface area contributed by atoms with Crippen molar-refractivity contribution in [3.8, 4) is 0 Å². The van der Waals surface area contributed by atoms with Gasteiger partial charge in [0, 0.05) is 18.5 Å². The van der Waals surface area contributed by atoms with Crippen molar-refractivity contribution < 1.29 is 9.26 Å². The van der Waals surface area contributed by atoms with E-state index in [0.29, 0.717) is 12.5 Å². The lowest BCUT2D eigenvalue weighted by Gasteiger charge is -2.19. The van der Waals surface area contributed by atoms with Crippen LogP contribution in [-0.4, -0.2) is 23.9 Å².